The molecule has 1 aliphatic rings. The summed E-state index contributed by atoms with van der Waals surface area (Å²) in [4.78, 5) is 11.9. The Bertz CT molecular complexity index is 637. The van der Waals surface area contributed by atoms with Crippen molar-refractivity contribution in [3.8, 4) is 0 Å². The fourth-order valence-electron chi connectivity index (χ4n) is 1.81. The van der Waals surface area contributed by atoms with Crippen LogP contribution in [-0.4, -0.2) is 27.9 Å². The largest absolute Gasteiger partial charge is 0.357 e. The van der Waals surface area contributed by atoms with E-state index in [0.29, 0.717) is 18.3 Å². The van der Waals surface area contributed by atoms with E-state index in [0.717, 1.165) is 15.0 Å². The zero-order valence-electron chi connectivity index (χ0n) is 12.3. The average molecular weight is 334 g/mol. The van der Waals surface area contributed by atoms with Crippen LogP contribution in [0.4, 0.5) is 5.13 Å². The molecule has 22 heavy (non-hydrogen) atoms. The first-order valence-electron chi connectivity index (χ1n) is 7.24. The van der Waals surface area contributed by atoms with E-state index in [1.54, 1.807) is 0 Å². The summed E-state index contributed by atoms with van der Waals surface area (Å²) in [5.41, 5.74) is 2.33. The van der Waals surface area contributed by atoms with E-state index in [4.69, 9.17) is 0 Å². The normalized spacial score (nSPS) is 13.9. The van der Waals surface area contributed by atoms with Crippen LogP contribution in [0.2, 0.25) is 0 Å². The minimum absolute atomic E-state index is 0.0116. The van der Waals surface area contributed by atoms with E-state index < -0.39 is 0 Å². The van der Waals surface area contributed by atoms with Crippen molar-refractivity contribution in [2.75, 3.05) is 11.1 Å². The third-order valence-electron chi connectivity index (χ3n) is 3.25. The van der Waals surface area contributed by atoms with Gasteiger partial charge in [-0.05, 0) is 25.3 Å². The molecule has 0 atom stereocenters. The molecule has 116 valence electrons. The van der Waals surface area contributed by atoms with Crippen LogP contribution in [0.3, 0.4) is 0 Å². The third-order valence-corrected chi connectivity index (χ3v) is 5.24. The van der Waals surface area contributed by atoms with Gasteiger partial charge in [0, 0.05) is 12.6 Å². The van der Waals surface area contributed by atoms with Gasteiger partial charge in [0.05, 0.1) is 5.75 Å². The Kier molecular flexibility index (Phi) is 4.94. The fourth-order valence-corrected chi connectivity index (χ4v) is 3.47. The Labute approximate surface area is 137 Å². The Morgan fingerprint density at radius 3 is 2.82 bits per heavy atom. The number of nitrogens with one attached hydrogen (secondary N) is 2. The van der Waals surface area contributed by atoms with Gasteiger partial charge in [0.1, 0.15) is 0 Å². The molecule has 0 bridgehead atoms. The summed E-state index contributed by atoms with van der Waals surface area (Å²) in [7, 11) is 0. The number of anilines is 1. The Morgan fingerprint density at radius 2 is 2.09 bits per heavy atom. The van der Waals surface area contributed by atoms with E-state index in [9.17, 15) is 4.79 Å². The zero-order chi connectivity index (χ0) is 15.4. The number of aryl methyl sites for hydroxylation is 1. The summed E-state index contributed by atoms with van der Waals surface area (Å²) in [5.74, 6) is 0.377. The average Bonchev–Trinajstić information content (AvgIpc) is 3.21. The number of thioether (sulfide) groups is 1. The summed E-state index contributed by atoms with van der Waals surface area (Å²) in [6, 6.07) is 8.73. The number of rotatable bonds is 7. The lowest BCUT2D eigenvalue weighted by molar-refractivity contribution is -0.118. The highest BCUT2D eigenvalue weighted by Crippen LogP contribution is 2.29. The Balaban J connectivity index is 1.39. The molecule has 0 spiro atoms. The molecule has 1 heterocycles. The summed E-state index contributed by atoms with van der Waals surface area (Å²) in [5, 5.41) is 15.2. The maximum absolute atomic E-state index is 11.9. The second-order valence-corrected chi connectivity index (χ2v) is 7.54. The first-order chi connectivity index (χ1) is 10.7. The van der Waals surface area contributed by atoms with Crippen molar-refractivity contribution in [2.45, 2.75) is 36.7 Å². The summed E-state index contributed by atoms with van der Waals surface area (Å²) in [6.07, 6.45) is 2.42. The lowest BCUT2D eigenvalue weighted by Gasteiger charge is -2.04. The van der Waals surface area contributed by atoms with Crippen LogP contribution in [0.5, 0.6) is 0 Å². The van der Waals surface area contributed by atoms with Gasteiger partial charge >= 0.3 is 0 Å². The standard InChI is InChI=1S/C15H18N4OS2/c1-10-2-4-11(5-3-10)8-16-13(20)9-21-15-19-18-14(22-15)17-12-6-7-12/h2-5,12H,6-9H2,1H3,(H,16,20)(H,17,18). The molecule has 0 aliphatic heterocycles. The van der Waals surface area contributed by atoms with Gasteiger partial charge in [0.2, 0.25) is 11.0 Å². The van der Waals surface area contributed by atoms with Gasteiger partial charge in [-0.3, -0.25) is 4.79 Å². The smallest absolute Gasteiger partial charge is 0.230 e. The van der Waals surface area contributed by atoms with Crippen molar-refractivity contribution in [2.24, 2.45) is 0 Å². The number of benzene rings is 1. The lowest BCUT2D eigenvalue weighted by Crippen LogP contribution is -2.24. The van der Waals surface area contributed by atoms with Crippen LogP contribution in [0.15, 0.2) is 28.6 Å². The van der Waals surface area contributed by atoms with E-state index in [-0.39, 0.29) is 5.91 Å². The first-order valence-corrected chi connectivity index (χ1v) is 9.04. The molecule has 1 amide bonds. The van der Waals surface area contributed by atoms with Crippen molar-refractivity contribution in [1.82, 2.24) is 15.5 Å². The van der Waals surface area contributed by atoms with Gasteiger partial charge in [-0.2, -0.15) is 0 Å². The van der Waals surface area contributed by atoms with Crippen LogP contribution in [0.1, 0.15) is 24.0 Å². The molecular weight excluding hydrogens is 316 g/mol. The van der Waals surface area contributed by atoms with Crippen molar-refractivity contribution in [3.05, 3.63) is 35.4 Å². The molecule has 2 N–H and O–H groups in total. The van der Waals surface area contributed by atoms with Gasteiger partial charge in [-0.1, -0.05) is 52.9 Å². The van der Waals surface area contributed by atoms with Crippen LogP contribution in [0, 0.1) is 6.92 Å². The second kappa shape index (κ2) is 7.11. The molecule has 7 heteroatoms. The molecule has 1 saturated carbocycles. The quantitative estimate of drug-likeness (QED) is 0.762. The predicted octanol–water partition coefficient (Wildman–Crippen LogP) is 2.83. The number of hydrogen-bond donors (Lipinski definition) is 2. The van der Waals surface area contributed by atoms with E-state index in [1.165, 1.54) is 41.5 Å². The highest BCUT2D eigenvalue weighted by Gasteiger charge is 2.22. The number of hydrogen-bond acceptors (Lipinski definition) is 6. The van der Waals surface area contributed by atoms with Crippen LogP contribution < -0.4 is 10.6 Å². The SMILES string of the molecule is Cc1ccc(CNC(=O)CSc2nnc(NC3CC3)s2)cc1. The number of carbonyl (C=O) groups excluding carboxylic acids is 1. The lowest BCUT2D eigenvalue weighted by atomic mass is 10.1. The molecule has 1 aromatic heterocycles. The minimum atomic E-state index is 0.0116. The molecule has 2 aromatic rings. The number of aromatic nitrogens is 2. The van der Waals surface area contributed by atoms with Gasteiger partial charge in [-0.25, -0.2) is 0 Å². The maximum Gasteiger partial charge on any atom is 0.230 e. The molecule has 0 saturated heterocycles. The third kappa shape index (κ3) is 4.71. The van der Waals surface area contributed by atoms with Gasteiger partial charge in [0.25, 0.3) is 0 Å². The molecule has 1 fully saturated rings. The van der Waals surface area contributed by atoms with Crippen molar-refractivity contribution >= 4 is 34.1 Å². The highest BCUT2D eigenvalue weighted by atomic mass is 32.2. The van der Waals surface area contributed by atoms with Gasteiger partial charge in [-0.15, -0.1) is 10.2 Å². The minimum Gasteiger partial charge on any atom is -0.357 e. The topological polar surface area (TPSA) is 66.9 Å². The molecular formula is C15H18N4OS2. The molecule has 0 unspecified atom stereocenters. The summed E-state index contributed by atoms with van der Waals surface area (Å²) < 4.78 is 0.827. The zero-order valence-corrected chi connectivity index (χ0v) is 14.0. The fraction of sp³-hybridized carbons (Fsp3) is 0.400. The van der Waals surface area contributed by atoms with Crippen LogP contribution >= 0.6 is 23.1 Å². The van der Waals surface area contributed by atoms with Crippen LogP contribution in [0.25, 0.3) is 0 Å². The van der Waals surface area contributed by atoms with Crippen molar-refractivity contribution in [3.63, 3.8) is 0 Å². The van der Waals surface area contributed by atoms with Gasteiger partial charge in [0.15, 0.2) is 4.34 Å². The predicted molar refractivity (Wildman–Crippen MR) is 90.3 cm³/mol. The monoisotopic (exact) mass is 334 g/mol. The van der Waals surface area contributed by atoms with E-state index in [1.807, 2.05) is 31.2 Å². The van der Waals surface area contributed by atoms with Crippen molar-refractivity contribution in [1.29, 1.82) is 0 Å². The Morgan fingerprint density at radius 1 is 1.32 bits per heavy atom. The molecule has 3 rings (SSSR count). The number of amides is 1. The van der Waals surface area contributed by atoms with E-state index >= 15 is 0 Å². The van der Waals surface area contributed by atoms with E-state index in [2.05, 4.69) is 20.8 Å². The second-order valence-electron chi connectivity index (χ2n) is 5.34. The maximum atomic E-state index is 11.9. The molecule has 5 nitrogen and oxygen atoms in total. The van der Waals surface area contributed by atoms with Crippen LogP contribution in [-0.2, 0) is 11.3 Å². The molecule has 0 radical (unpaired) electrons. The molecule has 1 aliphatic carbocycles. The molecule has 1 aromatic carbocycles. The summed E-state index contributed by atoms with van der Waals surface area (Å²) >= 11 is 2.94. The van der Waals surface area contributed by atoms with Gasteiger partial charge < -0.3 is 10.6 Å². The Hall–Kier alpha value is -1.60. The summed E-state index contributed by atoms with van der Waals surface area (Å²) in [6.45, 7) is 2.61. The highest BCUT2D eigenvalue weighted by molar-refractivity contribution is 8.01. The number of nitrogens with zero attached hydrogens (tertiary/aromatic N) is 2. The number of carbonyl (C=O) groups is 1. The first kappa shape index (κ1) is 15.3. The van der Waals surface area contributed by atoms with Crippen molar-refractivity contribution < 1.29 is 4.79 Å².